The molecule has 8 heteroatoms. The lowest BCUT2D eigenvalue weighted by Crippen LogP contribution is -2.54. The van der Waals surface area contributed by atoms with Crippen LogP contribution < -0.4 is 21.3 Å². The number of aromatic nitrogens is 3. The summed E-state index contributed by atoms with van der Waals surface area (Å²) in [7, 11) is 0. The van der Waals surface area contributed by atoms with Crippen LogP contribution in [-0.4, -0.2) is 20.9 Å². The number of dihydropyridines is 1. The van der Waals surface area contributed by atoms with Crippen LogP contribution in [-0.2, 0) is 12.2 Å². The van der Waals surface area contributed by atoms with Crippen LogP contribution in [0.3, 0.4) is 0 Å². The molecule has 0 aliphatic carbocycles. The number of pyridine rings is 1. The molecule has 3 aromatic carbocycles. The predicted molar refractivity (Wildman–Crippen MR) is 158 cm³/mol. The number of carbonyl (C=O) groups excluding carboxylic acids is 1. The summed E-state index contributed by atoms with van der Waals surface area (Å²) in [4.78, 5) is 28.6. The summed E-state index contributed by atoms with van der Waals surface area (Å²) < 4.78 is 0. The molecule has 0 radical (unpaired) electrons. The molecule has 0 spiro atoms. The summed E-state index contributed by atoms with van der Waals surface area (Å²) in [6, 6.07) is 24.9. The van der Waals surface area contributed by atoms with E-state index in [-0.39, 0.29) is 5.91 Å². The smallest absolute Gasteiger partial charge is 0.255 e. The number of nitrogen functional groups attached to an aromatic ring is 1. The third kappa shape index (κ3) is 4.86. The van der Waals surface area contributed by atoms with Gasteiger partial charge >= 0.3 is 0 Å². The van der Waals surface area contributed by atoms with E-state index in [1.807, 2.05) is 79.1 Å². The Bertz CT molecular complexity index is 1720. The molecule has 1 unspecified atom stereocenters. The molecular weight excluding hydrogens is 498 g/mol. The third-order valence-corrected chi connectivity index (χ3v) is 6.91. The molecule has 40 heavy (non-hydrogen) atoms. The van der Waals surface area contributed by atoms with Gasteiger partial charge in [0.05, 0.1) is 22.4 Å². The van der Waals surface area contributed by atoms with E-state index in [1.165, 1.54) is 0 Å². The van der Waals surface area contributed by atoms with Gasteiger partial charge in [0.1, 0.15) is 0 Å². The normalized spacial score (nSPS) is 15.9. The minimum absolute atomic E-state index is 0.219. The molecule has 5 aromatic rings. The summed E-state index contributed by atoms with van der Waals surface area (Å²) >= 11 is 0. The summed E-state index contributed by atoms with van der Waals surface area (Å²) in [6.45, 7) is 0.527. The Morgan fingerprint density at radius 2 is 1.73 bits per heavy atom. The summed E-state index contributed by atoms with van der Waals surface area (Å²) in [5.74, 6) is -0.219. The summed E-state index contributed by atoms with van der Waals surface area (Å²) in [6.07, 6.45) is 15.1. The first-order valence-corrected chi connectivity index (χ1v) is 12.9. The molecule has 3 heterocycles. The highest BCUT2D eigenvalue weighted by Gasteiger charge is 2.37. The number of nitrogens with two attached hydrogens (primary N) is 1. The Kier molecular flexibility index (Phi) is 6.64. The van der Waals surface area contributed by atoms with Crippen molar-refractivity contribution in [3.63, 3.8) is 0 Å². The van der Waals surface area contributed by atoms with E-state index < -0.39 is 5.66 Å². The molecule has 2 aromatic heterocycles. The van der Waals surface area contributed by atoms with Crippen molar-refractivity contribution in [2.45, 2.75) is 12.2 Å². The molecule has 0 bridgehead atoms. The van der Waals surface area contributed by atoms with Crippen LogP contribution in [0.1, 0.15) is 21.5 Å². The number of benzene rings is 3. The first-order chi connectivity index (χ1) is 19.6. The number of anilines is 3. The van der Waals surface area contributed by atoms with E-state index >= 15 is 0 Å². The van der Waals surface area contributed by atoms with E-state index in [0.717, 1.165) is 27.8 Å². The third-order valence-electron chi connectivity index (χ3n) is 6.91. The van der Waals surface area contributed by atoms with Crippen molar-refractivity contribution < 1.29 is 4.79 Å². The maximum Gasteiger partial charge on any atom is 0.255 e. The second kappa shape index (κ2) is 10.7. The first kappa shape index (κ1) is 24.8. The lowest BCUT2D eigenvalue weighted by molar-refractivity contribution is 0.102. The van der Waals surface area contributed by atoms with E-state index in [4.69, 9.17) is 5.73 Å². The Morgan fingerprint density at radius 1 is 0.900 bits per heavy atom. The number of carbonyl (C=O) groups is 1. The van der Waals surface area contributed by atoms with Gasteiger partial charge in [-0.25, -0.2) is 0 Å². The van der Waals surface area contributed by atoms with E-state index in [9.17, 15) is 4.79 Å². The van der Waals surface area contributed by atoms with Crippen molar-refractivity contribution in [1.29, 1.82) is 0 Å². The summed E-state index contributed by atoms with van der Waals surface area (Å²) in [5, 5.41) is 6.47. The fourth-order valence-corrected chi connectivity index (χ4v) is 4.85. The molecule has 0 saturated carbocycles. The fraction of sp³-hybridized carbons (Fsp3) is 0.0625. The zero-order chi connectivity index (χ0) is 27.4. The lowest BCUT2D eigenvalue weighted by Gasteiger charge is -2.45. The van der Waals surface area contributed by atoms with Crippen LogP contribution in [0.4, 0.5) is 17.1 Å². The van der Waals surface area contributed by atoms with E-state index in [2.05, 4.69) is 48.7 Å². The number of para-hydroxylation sites is 2. The van der Waals surface area contributed by atoms with Gasteiger partial charge in [-0.2, -0.15) is 0 Å². The molecule has 0 saturated heterocycles. The maximum absolute atomic E-state index is 12.9. The molecule has 1 aliphatic heterocycles. The minimum Gasteiger partial charge on any atom is -0.397 e. The van der Waals surface area contributed by atoms with Gasteiger partial charge in [-0.3, -0.25) is 19.7 Å². The van der Waals surface area contributed by atoms with E-state index in [0.29, 0.717) is 23.5 Å². The Balaban J connectivity index is 1.37. The van der Waals surface area contributed by atoms with Crippen molar-refractivity contribution >= 4 is 34.0 Å². The van der Waals surface area contributed by atoms with Gasteiger partial charge in [0.2, 0.25) is 0 Å². The predicted octanol–water partition coefficient (Wildman–Crippen LogP) is 5.39. The first-order valence-electron chi connectivity index (χ1n) is 12.9. The number of allylic oxidation sites excluding steroid dienone is 2. The largest absolute Gasteiger partial charge is 0.397 e. The monoisotopic (exact) mass is 525 g/mol. The Hall–Kier alpha value is -5.50. The number of rotatable bonds is 7. The molecular formula is C32H27N7O. The highest BCUT2D eigenvalue weighted by molar-refractivity contribution is 6.05. The molecule has 6 rings (SSSR count). The zero-order valence-electron chi connectivity index (χ0n) is 21.6. The highest BCUT2D eigenvalue weighted by Crippen LogP contribution is 2.36. The number of amides is 1. The van der Waals surface area contributed by atoms with Crippen molar-refractivity contribution in [2.75, 3.05) is 16.0 Å². The zero-order valence-corrected chi connectivity index (χ0v) is 21.6. The van der Waals surface area contributed by atoms with Crippen LogP contribution >= 0.6 is 0 Å². The van der Waals surface area contributed by atoms with Crippen molar-refractivity contribution in [2.24, 2.45) is 0 Å². The average Bonchev–Trinajstić information content (AvgIpc) is 3.02. The fourth-order valence-electron chi connectivity index (χ4n) is 4.85. The van der Waals surface area contributed by atoms with Gasteiger partial charge in [0.15, 0.2) is 5.66 Å². The van der Waals surface area contributed by atoms with Gasteiger partial charge in [-0.1, -0.05) is 36.4 Å². The van der Waals surface area contributed by atoms with Gasteiger partial charge in [-0.15, -0.1) is 0 Å². The molecule has 1 atom stereocenters. The summed E-state index contributed by atoms with van der Waals surface area (Å²) in [5.41, 5.74) is 11.5. The standard InChI is InChI=1S/C32H27N7O/c33-27-7-1-2-8-28(27)38-31(40)24-11-9-23(10-12-24)22-39(26-13-14-29-30(20-26)36-19-18-35-29)32(15-3-4-17-37-32)25-6-5-16-34-21-25/h1-21,37H,22,33H2,(H,38,40). The SMILES string of the molecule is Nc1ccccc1NC(=O)c1ccc(CN(c2ccc3nccnc3c2)C2(c3cccnc3)C=CC=CN2)cc1. The number of fused-ring (bicyclic) bond motifs is 1. The van der Waals surface area contributed by atoms with Gasteiger partial charge in [-0.05, 0) is 72.4 Å². The number of nitrogens with one attached hydrogen (secondary N) is 2. The van der Waals surface area contributed by atoms with E-state index in [1.54, 1.807) is 30.7 Å². The molecule has 1 amide bonds. The maximum atomic E-state index is 12.9. The van der Waals surface area contributed by atoms with Crippen LogP contribution in [0.2, 0.25) is 0 Å². The van der Waals surface area contributed by atoms with Crippen molar-refractivity contribution in [3.8, 4) is 0 Å². The van der Waals surface area contributed by atoms with Crippen LogP contribution in [0.5, 0.6) is 0 Å². The molecule has 8 nitrogen and oxygen atoms in total. The number of hydrogen-bond acceptors (Lipinski definition) is 7. The second-order valence-corrected chi connectivity index (χ2v) is 9.42. The highest BCUT2D eigenvalue weighted by atomic mass is 16.1. The van der Waals surface area contributed by atoms with Crippen LogP contribution in [0.25, 0.3) is 11.0 Å². The van der Waals surface area contributed by atoms with Crippen LogP contribution in [0, 0.1) is 0 Å². The average molecular weight is 526 g/mol. The van der Waals surface area contributed by atoms with Gasteiger partial charge < -0.3 is 21.3 Å². The topological polar surface area (TPSA) is 109 Å². The second-order valence-electron chi connectivity index (χ2n) is 9.42. The van der Waals surface area contributed by atoms with Crippen molar-refractivity contribution in [1.82, 2.24) is 20.3 Å². The lowest BCUT2D eigenvalue weighted by atomic mass is 9.94. The van der Waals surface area contributed by atoms with Gasteiger partial charge in [0, 0.05) is 48.1 Å². The Labute approximate surface area is 231 Å². The molecule has 0 fully saturated rings. The molecule has 1 aliphatic rings. The molecule has 4 N–H and O–H groups in total. The minimum atomic E-state index is -0.722. The quantitative estimate of drug-likeness (QED) is 0.244. The van der Waals surface area contributed by atoms with Crippen molar-refractivity contribution in [3.05, 3.63) is 145 Å². The van der Waals surface area contributed by atoms with Gasteiger partial charge in [0.25, 0.3) is 5.91 Å². The Morgan fingerprint density at radius 3 is 2.48 bits per heavy atom. The number of nitrogens with zero attached hydrogens (tertiary/aromatic N) is 4. The molecule has 196 valence electrons. The number of hydrogen-bond donors (Lipinski definition) is 3. The van der Waals surface area contributed by atoms with Crippen LogP contribution in [0.15, 0.2) is 128 Å².